The predicted molar refractivity (Wildman–Crippen MR) is 110 cm³/mol. The number of ether oxygens (including phenoxy) is 2. The van der Waals surface area contributed by atoms with E-state index in [9.17, 15) is 0 Å². The Kier molecular flexibility index (Phi) is 5.51. The zero-order valence-electron chi connectivity index (χ0n) is 16.7. The van der Waals surface area contributed by atoms with Gasteiger partial charge < -0.3 is 14.4 Å². The van der Waals surface area contributed by atoms with E-state index in [-0.39, 0.29) is 0 Å². The zero-order chi connectivity index (χ0) is 18.7. The molecule has 2 aromatic rings. The monoisotopic (exact) mass is 365 g/mol. The van der Waals surface area contributed by atoms with E-state index >= 15 is 0 Å². The molecule has 0 saturated carbocycles. The average Bonchev–Trinajstić information content (AvgIpc) is 2.66. The van der Waals surface area contributed by atoms with Crippen molar-refractivity contribution < 1.29 is 9.47 Å². The molecular formula is C24H31NO2. The molecule has 2 heterocycles. The fraction of sp³-hybridized carbons (Fsp3) is 0.500. The largest absolute Gasteiger partial charge is 0.493 e. The third-order valence-electron chi connectivity index (χ3n) is 6.15. The van der Waals surface area contributed by atoms with Crippen molar-refractivity contribution in [2.45, 2.75) is 33.1 Å². The molecule has 4 rings (SSSR count). The minimum atomic E-state index is 0.470. The van der Waals surface area contributed by atoms with E-state index in [1.807, 2.05) is 0 Å². The fourth-order valence-electron chi connectivity index (χ4n) is 4.54. The molecule has 0 aromatic heterocycles. The van der Waals surface area contributed by atoms with E-state index < -0.39 is 0 Å². The highest BCUT2D eigenvalue weighted by Gasteiger charge is 2.41. The van der Waals surface area contributed by atoms with Crippen LogP contribution < -0.4 is 4.74 Å². The Morgan fingerprint density at radius 1 is 1.04 bits per heavy atom. The van der Waals surface area contributed by atoms with E-state index in [1.54, 1.807) is 0 Å². The van der Waals surface area contributed by atoms with Gasteiger partial charge in [0, 0.05) is 18.5 Å². The predicted octanol–water partition coefficient (Wildman–Crippen LogP) is 4.85. The van der Waals surface area contributed by atoms with E-state index in [0.717, 1.165) is 38.5 Å². The lowest BCUT2D eigenvalue weighted by atomic mass is 9.78. The first kappa shape index (κ1) is 18.5. The summed E-state index contributed by atoms with van der Waals surface area (Å²) in [6, 6.07) is 15.0. The van der Waals surface area contributed by atoms with Crippen LogP contribution >= 0.6 is 0 Å². The van der Waals surface area contributed by atoms with Gasteiger partial charge in [0.15, 0.2) is 0 Å². The lowest BCUT2D eigenvalue weighted by Crippen LogP contribution is -2.54. The topological polar surface area (TPSA) is 21.7 Å². The van der Waals surface area contributed by atoms with Gasteiger partial charge in [0.25, 0.3) is 0 Å². The number of aryl methyl sites for hydroxylation is 1. The van der Waals surface area contributed by atoms with Crippen molar-refractivity contribution in [3.8, 4) is 16.9 Å². The second-order valence-corrected chi connectivity index (χ2v) is 8.32. The molecule has 0 atom stereocenters. The standard InChI is InChI=1S/C24H31NO2/c1-19-8-3-4-9-21(19)22-10-5-11-23(20(22)2)27-15-7-14-25-13-6-12-24(16-25)17-26-18-24/h3-5,8-11H,6-7,12-18H2,1-2H3. The number of piperidine rings is 1. The smallest absolute Gasteiger partial charge is 0.122 e. The van der Waals surface area contributed by atoms with Gasteiger partial charge >= 0.3 is 0 Å². The summed E-state index contributed by atoms with van der Waals surface area (Å²) in [5.74, 6) is 1.01. The molecule has 2 saturated heterocycles. The maximum atomic E-state index is 6.17. The Hall–Kier alpha value is -1.84. The van der Waals surface area contributed by atoms with Gasteiger partial charge in [-0.1, -0.05) is 36.4 Å². The first-order valence-electron chi connectivity index (χ1n) is 10.3. The van der Waals surface area contributed by atoms with Gasteiger partial charge in [-0.3, -0.25) is 0 Å². The molecule has 0 N–H and O–H groups in total. The van der Waals surface area contributed by atoms with Crippen LogP contribution in [0.5, 0.6) is 5.75 Å². The van der Waals surface area contributed by atoms with Crippen LogP contribution in [0.4, 0.5) is 0 Å². The van der Waals surface area contributed by atoms with Crippen molar-refractivity contribution in [2.75, 3.05) is 39.5 Å². The number of rotatable bonds is 6. The van der Waals surface area contributed by atoms with Crippen LogP contribution in [0.1, 0.15) is 30.4 Å². The van der Waals surface area contributed by atoms with Gasteiger partial charge in [-0.25, -0.2) is 0 Å². The lowest BCUT2D eigenvalue weighted by Gasteiger charge is -2.48. The summed E-state index contributed by atoms with van der Waals surface area (Å²) in [6.07, 6.45) is 3.72. The molecule has 27 heavy (non-hydrogen) atoms. The number of nitrogens with zero attached hydrogens (tertiary/aromatic N) is 1. The van der Waals surface area contributed by atoms with Gasteiger partial charge in [0.2, 0.25) is 0 Å². The number of hydrogen-bond acceptors (Lipinski definition) is 3. The van der Waals surface area contributed by atoms with E-state index in [2.05, 4.69) is 61.2 Å². The molecule has 0 amide bonds. The second-order valence-electron chi connectivity index (χ2n) is 8.32. The summed E-state index contributed by atoms with van der Waals surface area (Å²) in [7, 11) is 0. The highest BCUT2D eigenvalue weighted by Crippen LogP contribution is 2.37. The first-order chi connectivity index (χ1) is 13.2. The Bertz CT molecular complexity index is 782. The molecule has 144 valence electrons. The fourth-order valence-corrected chi connectivity index (χ4v) is 4.54. The van der Waals surface area contributed by atoms with Crippen molar-refractivity contribution >= 4 is 0 Å². The first-order valence-corrected chi connectivity index (χ1v) is 10.3. The van der Waals surface area contributed by atoms with Crippen LogP contribution in [-0.4, -0.2) is 44.4 Å². The van der Waals surface area contributed by atoms with Crippen LogP contribution in [0.15, 0.2) is 42.5 Å². The molecular weight excluding hydrogens is 334 g/mol. The van der Waals surface area contributed by atoms with Gasteiger partial charge in [-0.15, -0.1) is 0 Å². The summed E-state index contributed by atoms with van der Waals surface area (Å²) in [4.78, 5) is 2.60. The molecule has 3 heteroatoms. The molecule has 2 fully saturated rings. The highest BCUT2D eigenvalue weighted by molar-refractivity contribution is 5.72. The van der Waals surface area contributed by atoms with E-state index in [4.69, 9.17) is 9.47 Å². The minimum Gasteiger partial charge on any atom is -0.493 e. The molecule has 0 bridgehead atoms. The molecule has 0 unspecified atom stereocenters. The molecule has 1 spiro atoms. The van der Waals surface area contributed by atoms with Crippen LogP contribution in [0, 0.1) is 19.3 Å². The van der Waals surface area contributed by atoms with Crippen LogP contribution in [-0.2, 0) is 4.74 Å². The van der Waals surface area contributed by atoms with Crippen LogP contribution in [0.3, 0.4) is 0 Å². The van der Waals surface area contributed by atoms with Crippen molar-refractivity contribution in [1.82, 2.24) is 4.90 Å². The maximum absolute atomic E-state index is 6.17. The number of benzene rings is 2. The number of hydrogen-bond donors (Lipinski definition) is 0. The molecule has 0 aliphatic carbocycles. The van der Waals surface area contributed by atoms with Crippen molar-refractivity contribution in [1.29, 1.82) is 0 Å². The third kappa shape index (κ3) is 4.04. The molecule has 3 nitrogen and oxygen atoms in total. The Morgan fingerprint density at radius 3 is 2.63 bits per heavy atom. The number of likely N-dealkylation sites (tertiary alicyclic amines) is 1. The minimum absolute atomic E-state index is 0.470. The van der Waals surface area contributed by atoms with Crippen LogP contribution in [0.25, 0.3) is 11.1 Å². The van der Waals surface area contributed by atoms with Gasteiger partial charge in [0.05, 0.1) is 19.8 Å². The highest BCUT2D eigenvalue weighted by atomic mass is 16.5. The van der Waals surface area contributed by atoms with E-state index in [0.29, 0.717) is 5.41 Å². The Labute approximate surface area is 163 Å². The van der Waals surface area contributed by atoms with Gasteiger partial charge in [-0.2, -0.15) is 0 Å². The van der Waals surface area contributed by atoms with Crippen molar-refractivity contribution in [3.63, 3.8) is 0 Å². The Morgan fingerprint density at radius 2 is 1.85 bits per heavy atom. The van der Waals surface area contributed by atoms with Crippen LogP contribution in [0.2, 0.25) is 0 Å². The molecule has 2 aromatic carbocycles. The normalized spacial score (nSPS) is 19.0. The summed E-state index contributed by atoms with van der Waals surface area (Å²) < 4.78 is 11.6. The van der Waals surface area contributed by atoms with Crippen molar-refractivity contribution in [2.24, 2.45) is 5.41 Å². The molecule has 2 aliphatic rings. The summed E-state index contributed by atoms with van der Waals surface area (Å²) >= 11 is 0. The maximum Gasteiger partial charge on any atom is 0.122 e. The molecule has 0 radical (unpaired) electrons. The summed E-state index contributed by atoms with van der Waals surface area (Å²) in [5.41, 5.74) is 5.57. The van der Waals surface area contributed by atoms with Gasteiger partial charge in [-0.05, 0) is 68.0 Å². The Balaban J connectivity index is 1.32. The van der Waals surface area contributed by atoms with Crippen molar-refractivity contribution in [3.05, 3.63) is 53.6 Å². The average molecular weight is 366 g/mol. The SMILES string of the molecule is Cc1ccccc1-c1cccc(OCCCN2CCCC3(COC3)C2)c1C. The second kappa shape index (κ2) is 8.04. The molecule has 2 aliphatic heterocycles. The third-order valence-corrected chi connectivity index (χ3v) is 6.15. The zero-order valence-corrected chi connectivity index (χ0v) is 16.7. The van der Waals surface area contributed by atoms with E-state index in [1.165, 1.54) is 48.2 Å². The lowest BCUT2D eigenvalue weighted by molar-refractivity contribution is -0.144. The van der Waals surface area contributed by atoms with Gasteiger partial charge in [0.1, 0.15) is 5.75 Å². The quantitative estimate of drug-likeness (QED) is 0.683. The summed E-state index contributed by atoms with van der Waals surface area (Å²) in [5, 5.41) is 0. The summed E-state index contributed by atoms with van der Waals surface area (Å²) in [6.45, 7) is 10.6.